The van der Waals surface area contributed by atoms with Crippen molar-refractivity contribution in [2.24, 2.45) is 0 Å². The molecule has 0 radical (unpaired) electrons. The molecule has 0 aromatic carbocycles. The van der Waals surface area contributed by atoms with Gasteiger partial charge in [0.15, 0.2) is 0 Å². The molecule has 92 valence electrons. The number of hydrogen-bond acceptors (Lipinski definition) is 3. The van der Waals surface area contributed by atoms with E-state index >= 15 is 0 Å². The van der Waals surface area contributed by atoms with Crippen LogP contribution in [0.25, 0.3) is 0 Å². The highest BCUT2D eigenvalue weighted by Crippen LogP contribution is 2.15. The minimum Gasteiger partial charge on any atom is -0.243 e. The van der Waals surface area contributed by atoms with Crippen LogP contribution in [-0.2, 0) is 10.0 Å². The Morgan fingerprint density at radius 2 is 2.18 bits per heavy atom. The Morgan fingerprint density at radius 3 is 2.76 bits per heavy atom. The molecule has 4 nitrogen and oxygen atoms in total. The fourth-order valence-electron chi connectivity index (χ4n) is 1.71. The van der Waals surface area contributed by atoms with E-state index in [1.807, 2.05) is 6.08 Å². The van der Waals surface area contributed by atoms with Crippen LogP contribution in [0.5, 0.6) is 0 Å². The first-order valence-electron chi connectivity index (χ1n) is 5.37. The van der Waals surface area contributed by atoms with Crippen LogP contribution in [-0.4, -0.2) is 19.4 Å². The van der Waals surface area contributed by atoms with Crippen LogP contribution in [0, 0.1) is 0 Å². The van der Waals surface area contributed by atoms with Crippen molar-refractivity contribution in [3.63, 3.8) is 0 Å². The van der Waals surface area contributed by atoms with Gasteiger partial charge >= 0.3 is 0 Å². The molecule has 0 bridgehead atoms. The van der Waals surface area contributed by atoms with Crippen LogP contribution in [0.3, 0.4) is 0 Å². The summed E-state index contributed by atoms with van der Waals surface area (Å²) in [5.74, 6) is 0. The highest BCUT2D eigenvalue weighted by atomic mass is 35.5. The quantitative estimate of drug-likeness (QED) is 0.677. The Balaban J connectivity index is 2.13. The van der Waals surface area contributed by atoms with Crippen molar-refractivity contribution < 1.29 is 8.42 Å². The van der Waals surface area contributed by atoms with Crippen molar-refractivity contribution in [3.05, 3.63) is 35.6 Å². The summed E-state index contributed by atoms with van der Waals surface area (Å²) in [7, 11) is -3.48. The molecule has 0 fully saturated rings. The fraction of sp³-hybridized carbons (Fsp3) is 0.364. The third-order valence-corrected chi connectivity index (χ3v) is 4.33. The SMILES string of the molecule is O=S(=O)(NC1CC=CCC1)c1ccc(Cl)nc1. The van der Waals surface area contributed by atoms with E-state index in [9.17, 15) is 8.42 Å². The van der Waals surface area contributed by atoms with Gasteiger partial charge in [-0.15, -0.1) is 0 Å². The van der Waals surface area contributed by atoms with Crippen LogP contribution in [0.4, 0.5) is 0 Å². The minimum absolute atomic E-state index is 0.0271. The Labute approximate surface area is 106 Å². The second-order valence-corrected chi connectivity index (χ2v) is 6.02. The number of aromatic nitrogens is 1. The third-order valence-electron chi connectivity index (χ3n) is 2.60. The predicted molar refractivity (Wildman–Crippen MR) is 66.3 cm³/mol. The number of nitrogens with zero attached hydrogens (tertiary/aromatic N) is 1. The van der Waals surface area contributed by atoms with Crippen molar-refractivity contribution in [1.29, 1.82) is 0 Å². The van der Waals surface area contributed by atoms with Gasteiger partial charge in [0.1, 0.15) is 10.0 Å². The van der Waals surface area contributed by atoms with Gasteiger partial charge in [-0.1, -0.05) is 23.8 Å². The first-order valence-corrected chi connectivity index (χ1v) is 7.23. The van der Waals surface area contributed by atoms with E-state index in [2.05, 4.69) is 15.8 Å². The maximum absolute atomic E-state index is 12.0. The largest absolute Gasteiger partial charge is 0.243 e. The molecule has 1 aliphatic rings. The summed E-state index contributed by atoms with van der Waals surface area (Å²) in [6, 6.07) is 2.90. The molecule has 0 spiro atoms. The summed E-state index contributed by atoms with van der Waals surface area (Å²) in [6.07, 6.45) is 7.80. The lowest BCUT2D eigenvalue weighted by Crippen LogP contribution is -2.35. The number of hydrogen-bond donors (Lipinski definition) is 1. The second kappa shape index (κ2) is 5.16. The first kappa shape index (κ1) is 12.5. The zero-order valence-corrected chi connectivity index (χ0v) is 10.7. The van der Waals surface area contributed by atoms with Gasteiger partial charge in [-0.3, -0.25) is 0 Å². The summed E-state index contributed by atoms with van der Waals surface area (Å²) < 4.78 is 26.7. The molecular weight excluding hydrogens is 260 g/mol. The summed E-state index contributed by atoms with van der Waals surface area (Å²) >= 11 is 5.62. The van der Waals surface area contributed by atoms with Gasteiger partial charge in [0.25, 0.3) is 0 Å². The number of halogens is 1. The zero-order valence-electron chi connectivity index (χ0n) is 9.14. The molecule has 1 unspecified atom stereocenters. The molecule has 1 atom stereocenters. The zero-order chi connectivity index (χ0) is 12.3. The molecule has 0 aliphatic heterocycles. The van der Waals surface area contributed by atoms with Gasteiger partial charge in [0, 0.05) is 12.2 Å². The van der Waals surface area contributed by atoms with Crippen molar-refractivity contribution >= 4 is 21.6 Å². The first-order chi connectivity index (χ1) is 8.08. The molecule has 17 heavy (non-hydrogen) atoms. The van der Waals surface area contributed by atoms with Gasteiger partial charge in [-0.05, 0) is 31.4 Å². The Morgan fingerprint density at radius 1 is 1.35 bits per heavy atom. The lowest BCUT2D eigenvalue weighted by Gasteiger charge is -2.19. The van der Waals surface area contributed by atoms with Crippen molar-refractivity contribution in [3.8, 4) is 0 Å². The standard InChI is InChI=1S/C11H13ClN2O2S/c12-11-7-6-10(8-13-11)17(15,16)14-9-4-2-1-3-5-9/h1-2,6-9,14H,3-5H2. The molecule has 1 N–H and O–H groups in total. The molecule has 0 amide bonds. The van der Waals surface area contributed by atoms with Crippen molar-refractivity contribution in [1.82, 2.24) is 9.71 Å². The average molecular weight is 273 g/mol. The van der Waals surface area contributed by atoms with Crippen molar-refractivity contribution in [2.45, 2.75) is 30.2 Å². The Hall–Kier alpha value is -0.910. The highest BCUT2D eigenvalue weighted by molar-refractivity contribution is 7.89. The molecule has 6 heteroatoms. The van der Waals surface area contributed by atoms with Gasteiger partial charge in [0.2, 0.25) is 10.0 Å². The van der Waals surface area contributed by atoms with Crippen LogP contribution in [0.2, 0.25) is 5.15 Å². The minimum atomic E-state index is -3.48. The van der Waals surface area contributed by atoms with E-state index in [1.165, 1.54) is 18.3 Å². The van der Waals surface area contributed by atoms with E-state index < -0.39 is 10.0 Å². The molecule has 1 heterocycles. The fourth-order valence-corrected chi connectivity index (χ4v) is 3.05. The van der Waals surface area contributed by atoms with Crippen LogP contribution in [0.15, 0.2) is 35.4 Å². The summed E-state index contributed by atoms with van der Waals surface area (Å²) in [5, 5.41) is 0.282. The lowest BCUT2D eigenvalue weighted by atomic mass is 10.0. The van der Waals surface area contributed by atoms with Crippen molar-refractivity contribution in [2.75, 3.05) is 0 Å². The topological polar surface area (TPSA) is 59.1 Å². The molecule has 1 aromatic heterocycles. The van der Waals surface area contributed by atoms with Crippen LogP contribution in [0.1, 0.15) is 19.3 Å². The molecule has 1 aliphatic carbocycles. The Bertz CT molecular complexity index is 511. The number of allylic oxidation sites excluding steroid dienone is 1. The smallest absolute Gasteiger partial charge is 0.242 e. The normalized spacial score (nSPS) is 20.4. The van der Waals surface area contributed by atoms with E-state index in [0.29, 0.717) is 0 Å². The van der Waals surface area contributed by atoms with E-state index in [-0.39, 0.29) is 16.1 Å². The molecule has 1 aromatic rings. The van der Waals surface area contributed by atoms with E-state index in [0.717, 1.165) is 19.3 Å². The predicted octanol–water partition coefficient (Wildman–Crippen LogP) is 2.12. The second-order valence-electron chi connectivity index (χ2n) is 3.92. The number of pyridine rings is 1. The number of rotatable bonds is 3. The maximum Gasteiger partial charge on any atom is 0.242 e. The van der Waals surface area contributed by atoms with E-state index in [1.54, 1.807) is 0 Å². The average Bonchev–Trinajstić information content (AvgIpc) is 2.30. The Kier molecular flexibility index (Phi) is 3.81. The summed E-state index contributed by atoms with van der Waals surface area (Å²) in [5.41, 5.74) is 0. The van der Waals surface area contributed by atoms with Gasteiger partial charge in [-0.2, -0.15) is 0 Å². The number of nitrogens with one attached hydrogen (secondary N) is 1. The van der Waals surface area contributed by atoms with E-state index in [4.69, 9.17) is 11.6 Å². The third kappa shape index (κ3) is 3.28. The molecular formula is C11H13ClN2O2S. The van der Waals surface area contributed by atoms with Gasteiger partial charge in [-0.25, -0.2) is 18.1 Å². The monoisotopic (exact) mass is 272 g/mol. The number of sulfonamides is 1. The van der Waals surface area contributed by atoms with Crippen LogP contribution >= 0.6 is 11.6 Å². The van der Waals surface area contributed by atoms with Crippen LogP contribution < -0.4 is 4.72 Å². The summed E-state index contributed by atoms with van der Waals surface area (Å²) in [6.45, 7) is 0. The molecule has 2 rings (SSSR count). The lowest BCUT2D eigenvalue weighted by molar-refractivity contribution is 0.522. The highest BCUT2D eigenvalue weighted by Gasteiger charge is 2.20. The van der Waals surface area contributed by atoms with Gasteiger partial charge in [0.05, 0.1) is 0 Å². The maximum atomic E-state index is 12.0. The molecule has 0 saturated carbocycles. The summed E-state index contributed by atoms with van der Waals surface area (Å²) in [4.78, 5) is 3.92. The molecule has 0 saturated heterocycles. The van der Waals surface area contributed by atoms with Gasteiger partial charge < -0.3 is 0 Å².